The SMILES string of the molecule is O=C(Oc1cccc(NS(=O)(=O)N2CCOCC2)c1)N1CCOCC1. The Kier molecular flexibility index (Phi) is 5.74. The zero-order chi connectivity index (χ0) is 17.7. The highest BCUT2D eigenvalue weighted by atomic mass is 32.2. The monoisotopic (exact) mass is 371 g/mol. The van der Waals surface area contributed by atoms with E-state index in [1.54, 1.807) is 23.1 Å². The van der Waals surface area contributed by atoms with Gasteiger partial charge in [-0.2, -0.15) is 12.7 Å². The van der Waals surface area contributed by atoms with E-state index in [4.69, 9.17) is 14.2 Å². The summed E-state index contributed by atoms with van der Waals surface area (Å²) < 4.78 is 44.2. The summed E-state index contributed by atoms with van der Waals surface area (Å²) in [7, 11) is -3.67. The van der Waals surface area contributed by atoms with E-state index in [2.05, 4.69) is 4.72 Å². The predicted molar refractivity (Wildman–Crippen MR) is 89.8 cm³/mol. The van der Waals surface area contributed by atoms with Gasteiger partial charge in [-0.15, -0.1) is 0 Å². The van der Waals surface area contributed by atoms with E-state index >= 15 is 0 Å². The Hall–Kier alpha value is -1.88. The molecule has 0 radical (unpaired) electrons. The largest absolute Gasteiger partial charge is 0.415 e. The minimum Gasteiger partial charge on any atom is -0.410 e. The fourth-order valence-corrected chi connectivity index (χ4v) is 3.72. The second kappa shape index (κ2) is 8.00. The molecule has 0 bridgehead atoms. The molecule has 10 heteroatoms. The maximum atomic E-state index is 12.4. The van der Waals surface area contributed by atoms with Crippen molar-refractivity contribution in [3.05, 3.63) is 24.3 Å². The zero-order valence-electron chi connectivity index (χ0n) is 13.7. The first-order chi connectivity index (χ1) is 12.0. The van der Waals surface area contributed by atoms with Crippen LogP contribution in [-0.4, -0.2) is 76.3 Å². The van der Waals surface area contributed by atoms with Gasteiger partial charge in [0.05, 0.1) is 32.1 Å². The van der Waals surface area contributed by atoms with E-state index in [-0.39, 0.29) is 5.75 Å². The van der Waals surface area contributed by atoms with Crippen LogP contribution in [-0.2, 0) is 19.7 Å². The molecule has 1 amide bonds. The lowest BCUT2D eigenvalue weighted by atomic mass is 10.3. The first-order valence-electron chi connectivity index (χ1n) is 8.05. The van der Waals surface area contributed by atoms with Crippen molar-refractivity contribution < 1.29 is 27.4 Å². The van der Waals surface area contributed by atoms with Gasteiger partial charge >= 0.3 is 16.3 Å². The molecular weight excluding hydrogens is 350 g/mol. The molecule has 3 rings (SSSR count). The summed E-state index contributed by atoms with van der Waals surface area (Å²) in [4.78, 5) is 13.6. The Bertz CT molecular complexity index is 699. The molecule has 2 heterocycles. The zero-order valence-corrected chi connectivity index (χ0v) is 14.5. The Morgan fingerprint density at radius 2 is 1.68 bits per heavy atom. The van der Waals surface area contributed by atoms with Gasteiger partial charge in [0.25, 0.3) is 0 Å². The van der Waals surface area contributed by atoms with Crippen LogP contribution in [0.5, 0.6) is 5.75 Å². The third-order valence-corrected chi connectivity index (χ3v) is 5.40. The molecule has 0 unspecified atom stereocenters. The van der Waals surface area contributed by atoms with Gasteiger partial charge in [-0.3, -0.25) is 4.72 Å². The molecule has 0 atom stereocenters. The molecule has 0 aromatic heterocycles. The highest BCUT2D eigenvalue weighted by Crippen LogP contribution is 2.20. The van der Waals surface area contributed by atoms with Crippen molar-refractivity contribution in [2.45, 2.75) is 0 Å². The Labute approximate surface area is 146 Å². The number of amides is 1. The van der Waals surface area contributed by atoms with Crippen molar-refractivity contribution in [2.75, 3.05) is 57.3 Å². The van der Waals surface area contributed by atoms with Gasteiger partial charge < -0.3 is 19.1 Å². The minimum absolute atomic E-state index is 0.277. The van der Waals surface area contributed by atoms with Gasteiger partial charge in [0.15, 0.2) is 0 Å². The number of anilines is 1. The molecule has 2 aliphatic heterocycles. The van der Waals surface area contributed by atoms with E-state index in [1.807, 2.05) is 0 Å². The number of nitrogens with zero attached hydrogens (tertiary/aromatic N) is 2. The average Bonchev–Trinajstić information content (AvgIpc) is 2.63. The van der Waals surface area contributed by atoms with E-state index in [9.17, 15) is 13.2 Å². The van der Waals surface area contributed by atoms with Crippen LogP contribution < -0.4 is 9.46 Å². The minimum atomic E-state index is -3.67. The summed E-state index contributed by atoms with van der Waals surface area (Å²) in [5.41, 5.74) is 0.332. The first kappa shape index (κ1) is 17.9. The second-order valence-corrected chi connectivity index (χ2v) is 7.28. The van der Waals surface area contributed by atoms with Gasteiger partial charge in [0.2, 0.25) is 0 Å². The van der Waals surface area contributed by atoms with E-state index < -0.39 is 16.3 Å². The summed E-state index contributed by atoms with van der Waals surface area (Å²) in [5, 5.41) is 0. The number of carbonyl (C=O) groups is 1. The number of nitrogens with one attached hydrogen (secondary N) is 1. The molecular formula is C15H21N3O6S. The van der Waals surface area contributed by atoms with Crippen molar-refractivity contribution in [1.82, 2.24) is 9.21 Å². The van der Waals surface area contributed by atoms with E-state index in [0.717, 1.165) is 0 Å². The number of carbonyl (C=O) groups excluding carboxylic acids is 1. The van der Waals surface area contributed by atoms with Gasteiger partial charge in [0, 0.05) is 32.2 Å². The molecule has 2 fully saturated rings. The molecule has 1 N–H and O–H groups in total. The normalized spacial score (nSPS) is 19.4. The van der Waals surface area contributed by atoms with Gasteiger partial charge in [0.1, 0.15) is 5.75 Å². The number of hydrogen-bond donors (Lipinski definition) is 1. The summed E-state index contributed by atoms with van der Waals surface area (Å²) in [6.45, 7) is 3.27. The Morgan fingerprint density at radius 3 is 2.36 bits per heavy atom. The second-order valence-electron chi connectivity index (χ2n) is 5.61. The number of morpholine rings is 2. The number of benzene rings is 1. The molecule has 0 spiro atoms. The molecule has 25 heavy (non-hydrogen) atoms. The standard InChI is InChI=1S/C15H21N3O6S/c19-15(17-4-8-22-9-5-17)24-14-3-1-2-13(12-14)16-25(20,21)18-6-10-23-11-7-18/h1-3,12,16H,4-11H2. The number of rotatable bonds is 4. The summed E-state index contributed by atoms with van der Waals surface area (Å²) >= 11 is 0. The predicted octanol–water partition coefficient (Wildman–Crippen LogP) is 0.507. The lowest BCUT2D eigenvalue weighted by molar-refractivity contribution is 0.0416. The maximum Gasteiger partial charge on any atom is 0.415 e. The van der Waals surface area contributed by atoms with Crippen LogP contribution in [0.15, 0.2) is 24.3 Å². The first-order valence-corrected chi connectivity index (χ1v) is 9.49. The third kappa shape index (κ3) is 4.82. The summed E-state index contributed by atoms with van der Waals surface area (Å²) in [5.74, 6) is 0.277. The molecule has 2 aliphatic rings. The fourth-order valence-electron chi connectivity index (χ4n) is 2.53. The molecule has 9 nitrogen and oxygen atoms in total. The van der Waals surface area contributed by atoms with Crippen LogP contribution in [0, 0.1) is 0 Å². The van der Waals surface area contributed by atoms with Crippen molar-refractivity contribution in [1.29, 1.82) is 0 Å². The summed E-state index contributed by atoms with van der Waals surface area (Å²) in [6, 6.07) is 6.31. The van der Waals surface area contributed by atoms with Crippen molar-refractivity contribution in [2.24, 2.45) is 0 Å². The Morgan fingerprint density at radius 1 is 1.04 bits per heavy atom. The van der Waals surface area contributed by atoms with Crippen LogP contribution in [0.2, 0.25) is 0 Å². The topological polar surface area (TPSA) is 97.4 Å². The molecule has 2 saturated heterocycles. The molecule has 1 aromatic rings. The summed E-state index contributed by atoms with van der Waals surface area (Å²) in [6.07, 6.45) is -0.475. The van der Waals surface area contributed by atoms with Gasteiger partial charge in [-0.1, -0.05) is 6.07 Å². The van der Waals surface area contributed by atoms with Crippen LogP contribution >= 0.6 is 0 Å². The maximum absolute atomic E-state index is 12.4. The van der Waals surface area contributed by atoms with Crippen LogP contribution in [0.1, 0.15) is 0 Å². The Balaban J connectivity index is 1.63. The lowest BCUT2D eigenvalue weighted by Gasteiger charge is -2.27. The van der Waals surface area contributed by atoms with Crippen molar-refractivity contribution in [3.63, 3.8) is 0 Å². The van der Waals surface area contributed by atoms with Crippen LogP contribution in [0.4, 0.5) is 10.5 Å². The highest BCUT2D eigenvalue weighted by molar-refractivity contribution is 7.90. The van der Waals surface area contributed by atoms with Crippen molar-refractivity contribution >= 4 is 22.0 Å². The molecule has 0 aliphatic carbocycles. The molecule has 138 valence electrons. The van der Waals surface area contributed by atoms with E-state index in [0.29, 0.717) is 58.3 Å². The number of ether oxygens (including phenoxy) is 3. The average molecular weight is 371 g/mol. The van der Waals surface area contributed by atoms with Gasteiger partial charge in [-0.05, 0) is 12.1 Å². The van der Waals surface area contributed by atoms with Crippen molar-refractivity contribution in [3.8, 4) is 5.75 Å². The van der Waals surface area contributed by atoms with Crippen LogP contribution in [0.3, 0.4) is 0 Å². The highest BCUT2D eigenvalue weighted by Gasteiger charge is 2.24. The third-order valence-electron chi connectivity index (χ3n) is 3.87. The molecule has 0 saturated carbocycles. The van der Waals surface area contributed by atoms with E-state index in [1.165, 1.54) is 10.4 Å². The number of hydrogen-bond acceptors (Lipinski definition) is 6. The lowest BCUT2D eigenvalue weighted by Crippen LogP contribution is -2.43. The van der Waals surface area contributed by atoms with Gasteiger partial charge in [-0.25, -0.2) is 4.79 Å². The quantitative estimate of drug-likeness (QED) is 0.828. The smallest absolute Gasteiger partial charge is 0.410 e. The fraction of sp³-hybridized carbons (Fsp3) is 0.533. The van der Waals surface area contributed by atoms with Crippen LogP contribution in [0.25, 0.3) is 0 Å². The molecule has 1 aromatic carbocycles.